The highest BCUT2D eigenvalue weighted by atomic mass is 79.9. The fourth-order valence-electron chi connectivity index (χ4n) is 2.04. The molecule has 0 saturated carbocycles. The van der Waals surface area contributed by atoms with Gasteiger partial charge >= 0.3 is 0 Å². The Hall–Kier alpha value is -0.310. The second kappa shape index (κ2) is 16.8. The molecule has 0 saturated heterocycles. The normalized spacial score (nSPS) is 10.2. The van der Waals surface area contributed by atoms with Crippen LogP contribution in [0.3, 0.4) is 0 Å². The van der Waals surface area contributed by atoms with Gasteiger partial charge < -0.3 is 21.1 Å². The van der Waals surface area contributed by atoms with Gasteiger partial charge in [0.1, 0.15) is 5.75 Å². The number of halogens is 4. The average molecular weight is 536 g/mol. The summed E-state index contributed by atoms with van der Waals surface area (Å²) >= 11 is 6.89. The molecule has 4 N–H and O–H groups in total. The van der Waals surface area contributed by atoms with Gasteiger partial charge in [0.15, 0.2) is 0 Å². The summed E-state index contributed by atoms with van der Waals surface area (Å²) in [5, 5.41) is 6.20. The third-order valence-corrected chi connectivity index (χ3v) is 4.47. The molecule has 0 aliphatic heterocycles. The van der Waals surface area contributed by atoms with E-state index in [1.165, 1.54) is 0 Å². The maximum Gasteiger partial charge on any atom is 0.243 e. The molecule has 0 radical (unpaired) electrons. The fraction of sp³-hybridized carbons (Fsp3) is 0.471. The molecule has 5 nitrogen and oxygen atoms in total. The van der Waals surface area contributed by atoms with E-state index < -0.39 is 0 Å². The van der Waals surface area contributed by atoms with Gasteiger partial charge in [-0.2, -0.15) is 0 Å². The molecule has 0 atom stereocenters. The van der Waals surface area contributed by atoms with Crippen molar-refractivity contribution in [1.82, 2.24) is 10.6 Å². The number of nitrogens with one attached hydrogen (secondary N) is 2. The fourth-order valence-corrected chi connectivity index (χ4v) is 3.59. The Morgan fingerprint density at radius 1 is 1.12 bits per heavy atom. The molecular formula is C17H27Br2Cl2N3O2. The maximum absolute atomic E-state index is 11.8. The summed E-state index contributed by atoms with van der Waals surface area (Å²) in [6.07, 6.45) is 6.31. The summed E-state index contributed by atoms with van der Waals surface area (Å²) in [5.41, 5.74) is 6.33. The van der Waals surface area contributed by atoms with Crippen LogP contribution in [0.1, 0.15) is 24.8 Å². The molecule has 150 valence electrons. The highest BCUT2D eigenvalue weighted by Crippen LogP contribution is 2.34. The Morgan fingerprint density at radius 2 is 1.69 bits per heavy atom. The number of benzene rings is 1. The van der Waals surface area contributed by atoms with Crippen molar-refractivity contribution in [1.29, 1.82) is 0 Å². The highest BCUT2D eigenvalue weighted by Gasteiger charge is 2.06. The number of rotatable bonds is 11. The van der Waals surface area contributed by atoms with E-state index in [2.05, 4.69) is 42.5 Å². The van der Waals surface area contributed by atoms with E-state index in [-0.39, 0.29) is 30.7 Å². The van der Waals surface area contributed by atoms with E-state index in [9.17, 15) is 4.79 Å². The zero-order valence-corrected chi connectivity index (χ0v) is 19.5. The van der Waals surface area contributed by atoms with Crippen LogP contribution < -0.4 is 21.1 Å². The van der Waals surface area contributed by atoms with Crippen molar-refractivity contribution in [2.45, 2.75) is 19.3 Å². The number of carbonyl (C=O) groups is 1. The van der Waals surface area contributed by atoms with Crippen molar-refractivity contribution in [3.05, 3.63) is 32.7 Å². The maximum atomic E-state index is 11.8. The predicted molar refractivity (Wildman–Crippen MR) is 121 cm³/mol. The Balaban J connectivity index is 0. The number of amides is 1. The number of methoxy groups -OCH3 is 1. The number of hydrogen-bond donors (Lipinski definition) is 3. The summed E-state index contributed by atoms with van der Waals surface area (Å²) in [7, 11) is 1.61. The Morgan fingerprint density at radius 3 is 2.27 bits per heavy atom. The van der Waals surface area contributed by atoms with E-state index in [1.54, 1.807) is 19.3 Å². The summed E-state index contributed by atoms with van der Waals surface area (Å²) < 4.78 is 6.92. The van der Waals surface area contributed by atoms with Crippen LogP contribution in [0.2, 0.25) is 0 Å². The minimum Gasteiger partial charge on any atom is -0.494 e. The lowest BCUT2D eigenvalue weighted by Gasteiger charge is -2.07. The van der Waals surface area contributed by atoms with E-state index in [0.717, 1.165) is 59.2 Å². The number of hydrogen-bond acceptors (Lipinski definition) is 4. The van der Waals surface area contributed by atoms with Gasteiger partial charge in [0, 0.05) is 12.6 Å². The Kier molecular flexibility index (Phi) is 18.1. The van der Waals surface area contributed by atoms with Gasteiger partial charge in [-0.05, 0) is 94.5 Å². The van der Waals surface area contributed by atoms with E-state index in [1.807, 2.05) is 12.1 Å². The number of unbranched alkanes of at least 4 members (excludes halogenated alkanes) is 1. The first-order valence-corrected chi connectivity index (χ1v) is 9.56. The van der Waals surface area contributed by atoms with Crippen LogP contribution in [0, 0.1) is 0 Å². The van der Waals surface area contributed by atoms with Gasteiger partial charge in [0.05, 0.1) is 16.1 Å². The second-order valence-corrected chi connectivity index (χ2v) is 6.95. The molecule has 0 unspecified atom stereocenters. The summed E-state index contributed by atoms with van der Waals surface area (Å²) in [4.78, 5) is 11.8. The van der Waals surface area contributed by atoms with Gasteiger partial charge in [-0.3, -0.25) is 4.79 Å². The summed E-state index contributed by atoms with van der Waals surface area (Å²) in [5.74, 6) is 0.644. The molecule has 0 spiro atoms. The Labute approximate surface area is 185 Å². The molecule has 0 aromatic heterocycles. The Bertz CT molecular complexity index is 538. The molecule has 0 aliphatic rings. The minimum atomic E-state index is -0.0887. The summed E-state index contributed by atoms with van der Waals surface area (Å²) in [6.45, 7) is 3.31. The van der Waals surface area contributed by atoms with Crippen LogP contribution in [0.5, 0.6) is 5.75 Å². The van der Waals surface area contributed by atoms with Crippen LogP contribution in [-0.4, -0.2) is 39.2 Å². The zero-order chi connectivity index (χ0) is 17.8. The summed E-state index contributed by atoms with van der Waals surface area (Å²) in [6, 6.07) is 3.81. The SMILES string of the molecule is COc1c(Br)cc(/C=C/C(=O)NCCCCNCCCN)cc1Br.Cl.Cl. The number of ether oxygens (including phenoxy) is 1. The molecule has 0 bridgehead atoms. The van der Waals surface area contributed by atoms with E-state index >= 15 is 0 Å². The first-order chi connectivity index (χ1) is 11.6. The van der Waals surface area contributed by atoms with Crippen molar-refractivity contribution in [3.63, 3.8) is 0 Å². The molecule has 1 rings (SSSR count). The van der Waals surface area contributed by atoms with E-state index in [0.29, 0.717) is 6.54 Å². The standard InChI is InChI=1S/C17H25Br2N3O2.2ClH/c1-24-17-14(18)11-13(12-15(17)19)5-6-16(23)22-10-3-2-8-21-9-4-7-20;;/h5-6,11-12,21H,2-4,7-10,20H2,1H3,(H,22,23);2*1H/b6-5+;;. The lowest BCUT2D eigenvalue weighted by Crippen LogP contribution is -2.24. The van der Waals surface area contributed by atoms with Crippen molar-refractivity contribution < 1.29 is 9.53 Å². The van der Waals surface area contributed by atoms with Crippen LogP contribution >= 0.6 is 56.7 Å². The van der Waals surface area contributed by atoms with Crippen molar-refractivity contribution in [2.24, 2.45) is 5.73 Å². The average Bonchev–Trinajstić information content (AvgIpc) is 2.55. The first kappa shape index (κ1) is 27.9. The van der Waals surface area contributed by atoms with Crippen LogP contribution in [0.15, 0.2) is 27.2 Å². The van der Waals surface area contributed by atoms with Crippen LogP contribution in [-0.2, 0) is 4.79 Å². The van der Waals surface area contributed by atoms with Crippen molar-refractivity contribution in [3.8, 4) is 5.75 Å². The molecule has 1 aromatic carbocycles. The molecule has 0 fully saturated rings. The van der Waals surface area contributed by atoms with Gasteiger partial charge in [0.2, 0.25) is 5.91 Å². The lowest BCUT2D eigenvalue weighted by atomic mass is 10.2. The first-order valence-electron chi connectivity index (χ1n) is 7.98. The van der Waals surface area contributed by atoms with Gasteiger partial charge in [-0.1, -0.05) is 0 Å². The van der Waals surface area contributed by atoms with Gasteiger partial charge in [-0.25, -0.2) is 0 Å². The quantitative estimate of drug-likeness (QED) is 0.296. The molecule has 26 heavy (non-hydrogen) atoms. The monoisotopic (exact) mass is 533 g/mol. The third kappa shape index (κ3) is 11.4. The number of carbonyl (C=O) groups excluding carboxylic acids is 1. The van der Waals surface area contributed by atoms with E-state index in [4.69, 9.17) is 10.5 Å². The topological polar surface area (TPSA) is 76.4 Å². The minimum absolute atomic E-state index is 0. The third-order valence-electron chi connectivity index (χ3n) is 3.29. The van der Waals surface area contributed by atoms with Crippen LogP contribution in [0.4, 0.5) is 0 Å². The van der Waals surface area contributed by atoms with Crippen molar-refractivity contribution in [2.75, 3.05) is 33.3 Å². The lowest BCUT2D eigenvalue weighted by molar-refractivity contribution is -0.116. The predicted octanol–water partition coefficient (Wildman–Crippen LogP) is 3.91. The van der Waals surface area contributed by atoms with Gasteiger partial charge in [-0.15, -0.1) is 24.8 Å². The largest absolute Gasteiger partial charge is 0.494 e. The van der Waals surface area contributed by atoms with Crippen molar-refractivity contribution >= 4 is 68.7 Å². The van der Waals surface area contributed by atoms with Gasteiger partial charge in [0.25, 0.3) is 0 Å². The second-order valence-electron chi connectivity index (χ2n) is 5.24. The molecular weight excluding hydrogens is 509 g/mol. The van der Waals surface area contributed by atoms with Crippen LogP contribution in [0.25, 0.3) is 6.08 Å². The smallest absolute Gasteiger partial charge is 0.243 e. The zero-order valence-electron chi connectivity index (χ0n) is 14.7. The molecule has 1 amide bonds. The molecule has 1 aromatic rings. The highest BCUT2D eigenvalue weighted by molar-refractivity contribution is 9.11. The molecule has 9 heteroatoms. The number of nitrogens with two attached hydrogens (primary N) is 1. The molecule has 0 heterocycles. The molecule has 0 aliphatic carbocycles.